The summed E-state index contributed by atoms with van der Waals surface area (Å²) in [6.45, 7) is 3.43. The molecule has 1 aromatic heterocycles. The average molecular weight is 240 g/mol. The second-order valence-electron chi connectivity index (χ2n) is 4.18. The van der Waals surface area contributed by atoms with Crippen molar-refractivity contribution in [1.29, 1.82) is 0 Å². The molecule has 0 unspecified atom stereocenters. The zero-order chi connectivity index (χ0) is 11.5. The lowest BCUT2D eigenvalue weighted by atomic mass is 10.2. The number of rotatable bonds is 1. The van der Waals surface area contributed by atoms with E-state index in [1.807, 2.05) is 4.90 Å². The topological polar surface area (TPSA) is 53.2 Å². The van der Waals surface area contributed by atoms with E-state index >= 15 is 0 Å². The number of nitrogens with one attached hydrogen (secondary N) is 1. The lowest BCUT2D eigenvalue weighted by Gasteiger charge is -2.19. The first-order valence-corrected chi connectivity index (χ1v) is 6.49. The number of hydrogen-bond donors (Lipinski definition) is 1. The Labute approximate surface area is 98.3 Å². The second kappa shape index (κ2) is 4.82. The lowest BCUT2D eigenvalue weighted by molar-refractivity contribution is 0.0765. The Hall–Kier alpha value is -1.10. The van der Waals surface area contributed by atoms with Gasteiger partial charge in [0.05, 0.1) is 0 Å². The van der Waals surface area contributed by atoms with Gasteiger partial charge in [-0.25, -0.2) is 0 Å². The van der Waals surface area contributed by atoms with Crippen molar-refractivity contribution in [3.63, 3.8) is 0 Å². The number of aromatic nitrogens is 1. The van der Waals surface area contributed by atoms with Gasteiger partial charge >= 0.3 is 4.87 Å². The van der Waals surface area contributed by atoms with Crippen LogP contribution in [-0.4, -0.2) is 28.9 Å². The Morgan fingerprint density at radius 2 is 1.88 bits per heavy atom. The standard InChI is InChI=1S/C11H16N2O2S/c1-8-9(16-11(15)12-8)10(14)13-6-4-2-3-5-7-13/h2-7H2,1H3,(H,12,15). The minimum absolute atomic E-state index is 0.0164. The number of carbonyl (C=O) groups is 1. The molecule has 1 N–H and O–H groups in total. The molecular weight excluding hydrogens is 224 g/mol. The number of hydrogen-bond acceptors (Lipinski definition) is 3. The van der Waals surface area contributed by atoms with Crippen LogP contribution in [0.1, 0.15) is 41.0 Å². The molecule has 1 aromatic rings. The normalized spacial score (nSPS) is 17.2. The van der Waals surface area contributed by atoms with Crippen LogP contribution in [0.25, 0.3) is 0 Å². The van der Waals surface area contributed by atoms with Crippen LogP contribution >= 0.6 is 11.3 Å². The van der Waals surface area contributed by atoms with Gasteiger partial charge in [0.2, 0.25) is 0 Å². The molecular formula is C11H16N2O2S. The molecule has 1 aliphatic heterocycles. The van der Waals surface area contributed by atoms with Crippen molar-refractivity contribution in [2.45, 2.75) is 32.6 Å². The van der Waals surface area contributed by atoms with Gasteiger partial charge in [-0.15, -0.1) is 0 Å². The fraction of sp³-hybridized carbons (Fsp3) is 0.636. The van der Waals surface area contributed by atoms with Crippen molar-refractivity contribution in [2.24, 2.45) is 0 Å². The summed E-state index contributed by atoms with van der Waals surface area (Å²) in [4.78, 5) is 28.3. The van der Waals surface area contributed by atoms with Gasteiger partial charge in [0, 0.05) is 18.8 Å². The van der Waals surface area contributed by atoms with E-state index in [0.29, 0.717) is 10.6 Å². The Bertz CT molecular complexity index is 427. The molecule has 1 amide bonds. The van der Waals surface area contributed by atoms with E-state index in [1.165, 1.54) is 12.8 Å². The van der Waals surface area contributed by atoms with E-state index < -0.39 is 0 Å². The summed E-state index contributed by atoms with van der Waals surface area (Å²) in [5, 5.41) is 0. The van der Waals surface area contributed by atoms with Crippen LogP contribution in [0.15, 0.2) is 4.79 Å². The molecule has 1 aliphatic rings. The highest BCUT2D eigenvalue weighted by atomic mass is 32.1. The van der Waals surface area contributed by atoms with Crippen LogP contribution in [0.4, 0.5) is 0 Å². The van der Waals surface area contributed by atoms with Gasteiger partial charge in [-0.05, 0) is 19.8 Å². The molecule has 88 valence electrons. The molecule has 1 fully saturated rings. The molecule has 0 saturated carbocycles. The largest absolute Gasteiger partial charge is 0.338 e. The van der Waals surface area contributed by atoms with Crippen LogP contribution in [0.3, 0.4) is 0 Å². The first kappa shape index (κ1) is 11.4. The SMILES string of the molecule is Cc1[nH]c(=O)sc1C(=O)N1CCCCCC1. The third-order valence-corrected chi connectivity index (χ3v) is 3.88. The number of H-pyrrole nitrogens is 1. The number of thiazole rings is 1. The predicted octanol–water partition coefficient (Wildman–Crippen LogP) is 1.76. The highest BCUT2D eigenvalue weighted by Gasteiger charge is 2.21. The van der Waals surface area contributed by atoms with Crippen molar-refractivity contribution in [3.05, 3.63) is 20.2 Å². The Morgan fingerprint density at radius 3 is 2.38 bits per heavy atom. The molecule has 0 spiro atoms. The minimum Gasteiger partial charge on any atom is -0.338 e. The molecule has 16 heavy (non-hydrogen) atoms. The summed E-state index contributed by atoms with van der Waals surface area (Å²) in [6.07, 6.45) is 4.55. The summed E-state index contributed by atoms with van der Waals surface area (Å²) < 4.78 is 0. The predicted molar refractivity (Wildman–Crippen MR) is 64.0 cm³/mol. The van der Waals surface area contributed by atoms with Gasteiger partial charge in [-0.2, -0.15) is 0 Å². The molecule has 1 saturated heterocycles. The first-order valence-electron chi connectivity index (χ1n) is 5.67. The quantitative estimate of drug-likeness (QED) is 0.813. The fourth-order valence-electron chi connectivity index (χ4n) is 2.03. The number of likely N-dealkylation sites (tertiary alicyclic amines) is 1. The van der Waals surface area contributed by atoms with Crippen molar-refractivity contribution in [2.75, 3.05) is 13.1 Å². The van der Waals surface area contributed by atoms with E-state index in [9.17, 15) is 9.59 Å². The van der Waals surface area contributed by atoms with Gasteiger partial charge in [-0.3, -0.25) is 9.59 Å². The number of amides is 1. The molecule has 5 heteroatoms. The van der Waals surface area contributed by atoms with Gasteiger partial charge in [0.25, 0.3) is 5.91 Å². The van der Waals surface area contributed by atoms with E-state index in [1.54, 1.807) is 6.92 Å². The average Bonchev–Trinajstić information content (AvgIpc) is 2.49. The summed E-state index contributed by atoms with van der Waals surface area (Å²) >= 11 is 1.02. The van der Waals surface area contributed by atoms with Gasteiger partial charge in [0.15, 0.2) is 0 Å². The maximum Gasteiger partial charge on any atom is 0.305 e. The van der Waals surface area contributed by atoms with E-state index in [0.717, 1.165) is 37.3 Å². The third kappa shape index (κ3) is 2.35. The molecule has 4 nitrogen and oxygen atoms in total. The Balaban J connectivity index is 2.17. The Kier molecular flexibility index (Phi) is 3.43. The number of aryl methyl sites for hydroxylation is 1. The molecule has 2 rings (SSSR count). The van der Waals surface area contributed by atoms with Crippen LogP contribution < -0.4 is 4.87 Å². The van der Waals surface area contributed by atoms with Crippen LogP contribution in [-0.2, 0) is 0 Å². The van der Waals surface area contributed by atoms with Crippen LogP contribution in [0, 0.1) is 6.92 Å². The smallest absolute Gasteiger partial charge is 0.305 e. The summed E-state index contributed by atoms with van der Waals surface area (Å²) in [5.74, 6) is 0.0164. The fourth-order valence-corrected chi connectivity index (χ4v) is 2.84. The summed E-state index contributed by atoms with van der Waals surface area (Å²) in [6, 6.07) is 0. The molecule has 0 bridgehead atoms. The monoisotopic (exact) mass is 240 g/mol. The van der Waals surface area contributed by atoms with Crippen LogP contribution in [0.5, 0.6) is 0 Å². The van der Waals surface area contributed by atoms with Crippen molar-refractivity contribution >= 4 is 17.2 Å². The number of aromatic amines is 1. The van der Waals surface area contributed by atoms with Crippen molar-refractivity contribution in [1.82, 2.24) is 9.88 Å². The summed E-state index contributed by atoms with van der Waals surface area (Å²) in [7, 11) is 0. The molecule has 0 aliphatic carbocycles. The zero-order valence-corrected chi connectivity index (χ0v) is 10.2. The van der Waals surface area contributed by atoms with E-state index in [4.69, 9.17) is 0 Å². The van der Waals surface area contributed by atoms with E-state index in [2.05, 4.69) is 4.98 Å². The second-order valence-corrected chi connectivity index (χ2v) is 5.16. The molecule has 0 aromatic carbocycles. The van der Waals surface area contributed by atoms with Crippen LogP contribution in [0.2, 0.25) is 0 Å². The number of nitrogens with zero attached hydrogens (tertiary/aromatic N) is 1. The molecule has 0 radical (unpaired) electrons. The summed E-state index contributed by atoms with van der Waals surface area (Å²) in [5.41, 5.74) is 0.698. The van der Waals surface area contributed by atoms with Gasteiger partial charge in [-0.1, -0.05) is 24.2 Å². The Morgan fingerprint density at radius 1 is 1.25 bits per heavy atom. The third-order valence-electron chi connectivity index (χ3n) is 2.91. The van der Waals surface area contributed by atoms with Gasteiger partial charge < -0.3 is 9.88 Å². The highest BCUT2D eigenvalue weighted by Crippen LogP contribution is 2.16. The van der Waals surface area contributed by atoms with Crippen molar-refractivity contribution in [3.8, 4) is 0 Å². The van der Waals surface area contributed by atoms with E-state index in [-0.39, 0.29) is 10.8 Å². The molecule has 2 heterocycles. The zero-order valence-electron chi connectivity index (χ0n) is 9.41. The molecule has 0 atom stereocenters. The van der Waals surface area contributed by atoms with Crippen molar-refractivity contribution < 1.29 is 4.79 Å². The highest BCUT2D eigenvalue weighted by molar-refractivity contribution is 7.11. The minimum atomic E-state index is -0.143. The number of carbonyl (C=O) groups excluding carboxylic acids is 1. The van der Waals surface area contributed by atoms with Gasteiger partial charge in [0.1, 0.15) is 4.88 Å². The maximum atomic E-state index is 12.2. The maximum absolute atomic E-state index is 12.2. The first-order chi connectivity index (χ1) is 7.68. The lowest BCUT2D eigenvalue weighted by Crippen LogP contribution is -2.31.